The summed E-state index contributed by atoms with van der Waals surface area (Å²) in [7, 11) is 3.75. The van der Waals surface area contributed by atoms with Gasteiger partial charge in [0.25, 0.3) is 11.5 Å². The van der Waals surface area contributed by atoms with Crippen molar-refractivity contribution >= 4 is 39.3 Å². The minimum absolute atomic E-state index is 0.0427. The van der Waals surface area contributed by atoms with Gasteiger partial charge in [-0.3, -0.25) is 9.59 Å². The lowest BCUT2D eigenvalue weighted by atomic mass is 9.95. The van der Waals surface area contributed by atoms with Crippen LogP contribution in [0.3, 0.4) is 0 Å². The van der Waals surface area contributed by atoms with Crippen LogP contribution >= 0.6 is 0 Å². The van der Waals surface area contributed by atoms with Gasteiger partial charge in [0, 0.05) is 50.8 Å². The minimum atomic E-state index is -0.705. The molecule has 4 aromatic rings. The van der Waals surface area contributed by atoms with E-state index in [1.165, 1.54) is 4.57 Å². The number of likely N-dealkylation sites (N-methyl/N-ethyl adjacent to an activating group) is 1. The fourth-order valence-electron chi connectivity index (χ4n) is 5.90. The first-order valence-corrected chi connectivity index (χ1v) is 13.2. The van der Waals surface area contributed by atoms with E-state index in [9.17, 15) is 9.59 Å². The quantitative estimate of drug-likeness (QED) is 0.432. The molecule has 0 radical (unpaired) electrons. The van der Waals surface area contributed by atoms with Crippen LogP contribution < -0.4 is 21.1 Å². The summed E-state index contributed by atoms with van der Waals surface area (Å²) in [6.45, 7) is 4.81. The normalized spacial score (nSPS) is 18.5. The second kappa shape index (κ2) is 9.47. The molecule has 0 bridgehead atoms. The van der Waals surface area contributed by atoms with Gasteiger partial charge in [-0.25, -0.2) is 4.98 Å². The predicted octanol–water partition coefficient (Wildman–Crippen LogP) is 3.70. The lowest BCUT2D eigenvalue weighted by Crippen LogP contribution is -2.38. The molecule has 9 heteroatoms. The van der Waals surface area contributed by atoms with Gasteiger partial charge in [0.05, 0.1) is 23.9 Å². The number of aromatic nitrogens is 2. The third kappa shape index (κ3) is 4.11. The highest BCUT2D eigenvalue weighted by Gasteiger charge is 2.30. The maximum Gasteiger partial charge on any atom is 0.265 e. The number of primary amides is 1. The monoisotopic (exact) mass is 515 g/mol. The molecule has 2 saturated heterocycles. The van der Waals surface area contributed by atoms with Crippen LogP contribution in [0, 0.1) is 6.92 Å². The summed E-state index contributed by atoms with van der Waals surface area (Å²) in [5.74, 6) is 0.212. The second-order valence-electron chi connectivity index (χ2n) is 10.6. The molecule has 2 aliphatic rings. The van der Waals surface area contributed by atoms with Crippen molar-refractivity contribution < 1.29 is 13.9 Å². The summed E-state index contributed by atoms with van der Waals surface area (Å²) in [6.07, 6.45) is 2.56. The molecular weight excluding hydrogens is 482 g/mol. The highest BCUT2D eigenvalue weighted by atomic mass is 16.5. The molecule has 2 aromatic heterocycles. The molecule has 2 N–H and O–H groups in total. The van der Waals surface area contributed by atoms with Gasteiger partial charge in [0.2, 0.25) is 0 Å². The van der Waals surface area contributed by atoms with Crippen molar-refractivity contribution in [2.24, 2.45) is 12.8 Å². The summed E-state index contributed by atoms with van der Waals surface area (Å²) in [5, 5.41) is 0.844. The summed E-state index contributed by atoms with van der Waals surface area (Å²) >= 11 is 0. The number of amides is 1. The van der Waals surface area contributed by atoms with Crippen molar-refractivity contribution in [1.29, 1.82) is 0 Å². The standard InChI is InChI=1S/C29H33N5O4/c1-17-4-7-24-22(14-17)31-28(38-24)18-8-11-34(12-9-18)26-21-6-5-19(32(2)20-10-13-37-16-20)15-23(21)33(3)29(36)25(26)27(30)35/h4-7,14-15,18,20H,8-13,16H2,1-3H3,(H2,30,35). The topological polar surface area (TPSA) is 107 Å². The number of oxazole rings is 1. The van der Waals surface area contributed by atoms with Gasteiger partial charge in [-0.2, -0.15) is 0 Å². The van der Waals surface area contributed by atoms with Crippen LogP contribution in [0.25, 0.3) is 22.0 Å². The minimum Gasteiger partial charge on any atom is -0.440 e. The van der Waals surface area contributed by atoms with Crippen LogP contribution in [0.5, 0.6) is 0 Å². The van der Waals surface area contributed by atoms with Crippen molar-refractivity contribution in [2.75, 3.05) is 43.2 Å². The summed E-state index contributed by atoms with van der Waals surface area (Å²) in [4.78, 5) is 35.1. The number of carbonyl (C=O) groups excluding carboxylic acids is 1. The molecule has 9 nitrogen and oxygen atoms in total. The molecule has 1 unspecified atom stereocenters. The first kappa shape index (κ1) is 24.5. The van der Waals surface area contributed by atoms with E-state index < -0.39 is 5.91 Å². The Labute approximate surface area is 220 Å². The Morgan fingerprint density at radius 3 is 2.63 bits per heavy atom. The van der Waals surface area contributed by atoms with E-state index in [-0.39, 0.29) is 17.0 Å². The van der Waals surface area contributed by atoms with Crippen LogP contribution in [0.2, 0.25) is 0 Å². The second-order valence-corrected chi connectivity index (χ2v) is 10.6. The summed E-state index contributed by atoms with van der Waals surface area (Å²) < 4.78 is 13.2. The highest BCUT2D eigenvalue weighted by Crippen LogP contribution is 2.37. The fourth-order valence-corrected chi connectivity index (χ4v) is 5.90. The van der Waals surface area contributed by atoms with Gasteiger partial charge in [-0.1, -0.05) is 6.07 Å². The Morgan fingerprint density at radius 2 is 1.92 bits per heavy atom. The number of nitrogens with zero attached hydrogens (tertiary/aromatic N) is 4. The largest absolute Gasteiger partial charge is 0.440 e. The third-order valence-corrected chi connectivity index (χ3v) is 8.18. The molecule has 1 amide bonds. The number of pyridine rings is 1. The van der Waals surface area contributed by atoms with Crippen LogP contribution in [0.15, 0.2) is 45.6 Å². The molecule has 38 heavy (non-hydrogen) atoms. The molecule has 1 atom stereocenters. The number of hydrogen-bond donors (Lipinski definition) is 1. The highest BCUT2D eigenvalue weighted by molar-refractivity contribution is 6.07. The molecule has 198 valence electrons. The third-order valence-electron chi connectivity index (χ3n) is 8.18. The van der Waals surface area contributed by atoms with Gasteiger partial charge in [0.15, 0.2) is 11.5 Å². The molecule has 0 aliphatic carbocycles. The molecule has 6 rings (SSSR count). The zero-order valence-electron chi connectivity index (χ0n) is 22.1. The number of hydrogen-bond acceptors (Lipinski definition) is 7. The van der Waals surface area contributed by atoms with E-state index in [0.29, 0.717) is 31.4 Å². The van der Waals surface area contributed by atoms with E-state index in [1.807, 2.05) is 43.3 Å². The van der Waals surface area contributed by atoms with Crippen molar-refractivity contribution in [3.05, 3.63) is 63.8 Å². The molecule has 2 aliphatic heterocycles. The van der Waals surface area contributed by atoms with Gasteiger partial charge >= 0.3 is 0 Å². The number of nitrogens with two attached hydrogens (primary N) is 1. The zero-order valence-corrected chi connectivity index (χ0v) is 22.1. The van der Waals surface area contributed by atoms with Crippen LogP contribution in [-0.2, 0) is 11.8 Å². The first-order chi connectivity index (χ1) is 18.3. The maximum atomic E-state index is 13.4. The molecular formula is C29H33N5O4. The number of carbonyl (C=O) groups is 1. The van der Waals surface area contributed by atoms with Crippen molar-refractivity contribution in [3.63, 3.8) is 0 Å². The van der Waals surface area contributed by atoms with E-state index in [1.54, 1.807) is 7.05 Å². The maximum absolute atomic E-state index is 13.4. The first-order valence-electron chi connectivity index (χ1n) is 13.2. The number of benzene rings is 2. The Morgan fingerprint density at radius 1 is 1.13 bits per heavy atom. The van der Waals surface area contributed by atoms with Gasteiger partial charge in [-0.05, 0) is 62.1 Å². The van der Waals surface area contributed by atoms with E-state index in [4.69, 9.17) is 19.9 Å². The zero-order chi connectivity index (χ0) is 26.6. The summed E-state index contributed by atoms with van der Waals surface area (Å²) in [6, 6.07) is 12.4. The number of anilines is 2. The molecule has 2 aromatic carbocycles. The van der Waals surface area contributed by atoms with Crippen molar-refractivity contribution in [3.8, 4) is 0 Å². The van der Waals surface area contributed by atoms with Gasteiger partial charge < -0.3 is 29.3 Å². The molecule has 0 saturated carbocycles. The Hall–Kier alpha value is -3.85. The average Bonchev–Trinajstić information content (AvgIpc) is 3.60. The van der Waals surface area contributed by atoms with Gasteiger partial charge in [-0.15, -0.1) is 0 Å². The SMILES string of the molecule is Cc1ccc2oc(C3CCN(c4c(C(N)=O)c(=O)n(C)c5cc(N(C)C6CCOC6)ccc45)CC3)nc2c1. The summed E-state index contributed by atoms with van der Waals surface area (Å²) in [5.41, 5.74) is 10.7. The molecule has 0 spiro atoms. The fraction of sp³-hybridized carbons (Fsp3) is 0.414. The predicted molar refractivity (Wildman–Crippen MR) is 148 cm³/mol. The van der Waals surface area contributed by atoms with Crippen LogP contribution in [-0.4, -0.2) is 54.9 Å². The van der Waals surface area contributed by atoms with E-state index in [0.717, 1.165) is 65.0 Å². The van der Waals surface area contributed by atoms with Crippen LogP contribution in [0.1, 0.15) is 47.0 Å². The number of ether oxygens (including phenoxy) is 1. The van der Waals surface area contributed by atoms with E-state index in [2.05, 4.69) is 16.8 Å². The Balaban J connectivity index is 1.35. The average molecular weight is 516 g/mol. The smallest absolute Gasteiger partial charge is 0.265 e. The number of aryl methyl sites for hydroxylation is 2. The van der Waals surface area contributed by atoms with Crippen LogP contribution in [0.4, 0.5) is 11.4 Å². The molecule has 4 heterocycles. The van der Waals surface area contributed by atoms with Gasteiger partial charge in [0.1, 0.15) is 11.1 Å². The lowest BCUT2D eigenvalue weighted by molar-refractivity contribution is 0.0999. The van der Waals surface area contributed by atoms with Crippen molar-refractivity contribution in [1.82, 2.24) is 9.55 Å². The Kier molecular flexibility index (Phi) is 6.10. The van der Waals surface area contributed by atoms with Crippen molar-refractivity contribution in [2.45, 2.75) is 38.1 Å². The van der Waals surface area contributed by atoms with E-state index >= 15 is 0 Å². The number of rotatable bonds is 5. The molecule has 2 fully saturated rings. The number of piperidine rings is 1. The Bertz CT molecular complexity index is 1590. The number of fused-ring (bicyclic) bond motifs is 2. The lowest BCUT2D eigenvalue weighted by Gasteiger charge is -2.34.